The van der Waals surface area contributed by atoms with E-state index in [-0.39, 0.29) is 36.6 Å². The van der Waals surface area contributed by atoms with Gasteiger partial charge in [0.2, 0.25) is 5.91 Å². The molecule has 23 heavy (non-hydrogen) atoms. The monoisotopic (exact) mass is 362 g/mol. The first kappa shape index (κ1) is 26.7. The van der Waals surface area contributed by atoms with Crippen molar-refractivity contribution in [3.63, 3.8) is 0 Å². The van der Waals surface area contributed by atoms with E-state index >= 15 is 0 Å². The average Bonchev–Trinajstić information content (AvgIpc) is 2.24. The van der Waals surface area contributed by atoms with Crippen LogP contribution in [0.3, 0.4) is 0 Å². The molecule has 0 bridgehead atoms. The first-order valence-electron chi connectivity index (χ1n) is 5.73. The van der Waals surface area contributed by atoms with Gasteiger partial charge in [0.15, 0.2) is 0 Å². The molecule has 0 atom stereocenters. The summed E-state index contributed by atoms with van der Waals surface area (Å²) < 4.78 is 29.5. The molecule has 9 nitrogen and oxygen atoms in total. The molecule has 0 saturated heterocycles. The summed E-state index contributed by atoms with van der Waals surface area (Å²) in [5.74, 6) is -3.45. The van der Waals surface area contributed by atoms with Crippen LogP contribution < -0.4 is 5.32 Å². The number of amides is 1. The van der Waals surface area contributed by atoms with E-state index in [4.69, 9.17) is 14.8 Å². The van der Waals surface area contributed by atoms with Crippen LogP contribution in [0, 0.1) is 0 Å². The zero-order valence-corrected chi connectivity index (χ0v) is 16.0. The van der Waals surface area contributed by atoms with Gasteiger partial charge in [-0.15, -0.1) is 0 Å². The van der Waals surface area contributed by atoms with Crippen molar-refractivity contribution in [2.24, 2.45) is 0 Å². The van der Waals surface area contributed by atoms with E-state index in [1.165, 1.54) is 13.8 Å². The van der Waals surface area contributed by atoms with E-state index in [1.807, 2.05) is 0 Å². The molecule has 0 aromatic carbocycles. The summed E-state index contributed by atoms with van der Waals surface area (Å²) >= 11 is 0. The zero-order valence-electron chi connectivity index (χ0n) is 13.2. The molecule has 0 aliphatic rings. The van der Waals surface area contributed by atoms with E-state index < -0.39 is 45.7 Å². The molecule has 0 aromatic rings. The molecule has 0 aliphatic heterocycles. The van der Waals surface area contributed by atoms with Gasteiger partial charge in [0.1, 0.15) is 0 Å². The molecule has 0 spiro atoms. The molecule has 0 fully saturated rings. The molecular weight excluding hydrogens is 341 g/mol. The Balaban J connectivity index is -0.000000162. The maximum absolute atomic E-state index is 10.8. The Morgan fingerprint density at radius 3 is 1.91 bits per heavy atom. The summed E-state index contributed by atoms with van der Waals surface area (Å²) in [7, 11) is -4.08. The van der Waals surface area contributed by atoms with Gasteiger partial charge in [0.05, 0.1) is 17.7 Å². The third-order valence-corrected chi connectivity index (χ3v) is 2.94. The molecule has 1 radical (unpaired) electrons. The molecule has 4 N–H and O–H groups in total. The van der Waals surface area contributed by atoms with Gasteiger partial charge in [-0.25, -0.2) is 4.79 Å². The second kappa shape index (κ2) is 11.4. The third-order valence-electron chi connectivity index (χ3n) is 1.86. The fourth-order valence-corrected chi connectivity index (χ4v) is 2.12. The summed E-state index contributed by atoms with van der Waals surface area (Å²) in [6.07, 6.45) is 0.529. The molecule has 0 aromatic heterocycles. The van der Waals surface area contributed by atoms with Crippen LogP contribution in [-0.4, -0.2) is 81.9 Å². The minimum Gasteiger partial charge on any atom is -0.481 e. The largest absolute Gasteiger partial charge is 0.481 e. The Kier molecular flexibility index (Phi) is 13.2. The molecule has 0 heterocycles. The van der Waals surface area contributed by atoms with Crippen LogP contribution in [0.25, 0.3) is 0 Å². The van der Waals surface area contributed by atoms with Crippen LogP contribution in [0.2, 0.25) is 0 Å². The molecule has 11 heteroatoms. The normalized spacial score (nSPS) is 10.2. The van der Waals surface area contributed by atoms with Gasteiger partial charge in [-0.1, -0.05) is 13.2 Å². The Labute approximate surface area is 158 Å². The summed E-state index contributed by atoms with van der Waals surface area (Å²) in [6, 6.07) is 0. The molecular formula is C12H21NNaO8S. The molecule has 0 rings (SSSR count). The number of rotatable bonds is 7. The quantitative estimate of drug-likeness (QED) is 0.278. The fourth-order valence-electron chi connectivity index (χ4n) is 1.13. The summed E-state index contributed by atoms with van der Waals surface area (Å²) in [5.41, 5.74) is -1.30. The van der Waals surface area contributed by atoms with Crippen molar-refractivity contribution in [3.05, 3.63) is 24.8 Å². The van der Waals surface area contributed by atoms with Crippen LogP contribution in [0.1, 0.15) is 21.7 Å². The van der Waals surface area contributed by atoms with Gasteiger partial charge in [-0.05, 0) is 19.9 Å². The van der Waals surface area contributed by atoms with Crippen molar-refractivity contribution < 1.29 is 39.0 Å². The smallest absolute Gasteiger partial charge is 0.331 e. The second-order valence-electron chi connectivity index (χ2n) is 4.78. The maximum Gasteiger partial charge on any atom is 0.331 e. The van der Waals surface area contributed by atoms with Gasteiger partial charge < -0.3 is 15.5 Å². The summed E-state index contributed by atoms with van der Waals surface area (Å²) in [5, 5.41) is 18.4. The minimum atomic E-state index is -4.08. The number of aliphatic carboxylic acids is 2. The molecule has 129 valence electrons. The van der Waals surface area contributed by atoms with Crippen molar-refractivity contribution in [2.45, 2.75) is 25.8 Å². The van der Waals surface area contributed by atoms with Crippen molar-refractivity contribution >= 4 is 57.5 Å². The number of nitrogens with one attached hydrogen (secondary N) is 1. The maximum atomic E-state index is 10.8. The molecule has 0 aliphatic carbocycles. The first-order chi connectivity index (χ1) is 9.70. The Hall–Kier alpha value is -1.20. The van der Waals surface area contributed by atoms with E-state index in [2.05, 4.69) is 18.5 Å². The Morgan fingerprint density at radius 1 is 1.26 bits per heavy atom. The number of carboxylic acid groups (broad SMARTS) is 2. The second-order valence-corrected chi connectivity index (χ2v) is 6.24. The van der Waals surface area contributed by atoms with Gasteiger partial charge in [-0.3, -0.25) is 14.1 Å². The van der Waals surface area contributed by atoms with E-state index in [0.29, 0.717) is 0 Å². The van der Waals surface area contributed by atoms with Crippen molar-refractivity contribution in [1.82, 2.24) is 5.32 Å². The molecule has 0 unspecified atom stereocenters. The van der Waals surface area contributed by atoms with Gasteiger partial charge >= 0.3 is 11.9 Å². The van der Waals surface area contributed by atoms with E-state index in [0.717, 1.165) is 6.08 Å². The zero-order chi connectivity index (χ0) is 18.1. The standard InChI is InChI=1S/C7H13NO4S.C5H6O4.Na.H2/c1-4-6(9)8-7(2,3)5-13(10,11)12;1-3(5(8)9)2-4(6)7;;/h4H,1,5H2,2-3H3,(H,8,9)(H,10,11,12);1-2H2,(H,6,7)(H,8,9);;1H. The Morgan fingerprint density at radius 2 is 1.70 bits per heavy atom. The average molecular weight is 362 g/mol. The van der Waals surface area contributed by atoms with E-state index in [9.17, 15) is 22.8 Å². The predicted octanol–water partition coefficient (Wildman–Crippen LogP) is -0.0779. The van der Waals surface area contributed by atoms with E-state index in [1.54, 1.807) is 0 Å². The number of carboxylic acids is 2. The topological polar surface area (TPSA) is 158 Å². The van der Waals surface area contributed by atoms with Crippen LogP contribution in [0.15, 0.2) is 24.8 Å². The molecule has 0 saturated carbocycles. The first-order valence-corrected chi connectivity index (χ1v) is 7.33. The van der Waals surface area contributed by atoms with Crippen molar-refractivity contribution in [2.75, 3.05) is 5.75 Å². The van der Waals surface area contributed by atoms with Crippen molar-refractivity contribution in [3.8, 4) is 0 Å². The van der Waals surface area contributed by atoms with Gasteiger partial charge in [0, 0.05) is 36.6 Å². The molecule has 1 amide bonds. The number of hydrogen-bond donors (Lipinski definition) is 4. The number of carbonyl (C=O) groups is 3. The summed E-state index contributed by atoms with van der Waals surface area (Å²) in [4.78, 5) is 30.5. The number of hydrogen-bond acceptors (Lipinski definition) is 5. The third kappa shape index (κ3) is 18.8. The van der Waals surface area contributed by atoms with Crippen LogP contribution in [0.5, 0.6) is 0 Å². The fraction of sp³-hybridized carbons (Fsp3) is 0.417. The van der Waals surface area contributed by atoms with Crippen LogP contribution in [0.4, 0.5) is 0 Å². The predicted molar refractivity (Wildman–Crippen MR) is 85.7 cm³/mol. The van der Waals surface area contributed by atoms with Crippen LogP contribution >= 0.6 is 0 Å². The minimum absolute atomic E-state index is 0. The van der Waals surface area contributed by atoms with Gasteiger partial charge in [0.25, 0.3) is 10.1 Å². The van der Waals surface area contributed by atoms with Crippen molar-refractivity contribution in [1.29, 1.82) is 0 Å². The summed E-state index contributed by atoms with van der Waals surface area (Å²) in [6.45, 7) is 9.21. The van der Waals surface area contributed by atoms with Crippen LogP contribution in [-0.2, 0) is 24.5 Å². The van der Waals surface area contributed by atoms with Gasteiger partial charge in [-0.2, -0.15) is 8.42 Å². The Bertz CT molecular complexity index is 574. The number of carbonyl (C=O) groups excluding carboxylic acids is 1. The SMILES string of the molecule is C=C(CC(=O)O)C(=O)O.C=CC(=O)NC(C)(C)CS(=O)(=O)O.[HH].[Na].